The first-order valence-electron chi connectivity index (χ1n) is 12.2. The minimum absolute atomic E-state index is 0.0156. The standard InChI is InChI=1S/C26H33N5OS/c1-18-6-8-20(9-7-18)28-25-27-13-10-23(29-25)24-17-30(21-11-14-33-15-12-21)26(32)31(24)22-5-3-4-19(2)16-22/h3-5,10,13,16-18,20-21H,6-9,11-12,14-15H2,1-2H3,(H,27,28,29)/t18-,20-. The van der Waals surface area contributed by atoms with Crippen LogP contribution in [0.5, 0.6) is 0 Å². The van der Waals surface area contributed by atoms with Gasteiger partial charge in [0, 0.05) is 24.5 Å². The maximum Gasteiger partial charge on any atom is 0.333 e. The highest BCUT2D eigenvalue weighted by molar-refractivity contribution is 7.99. The first kappa shape index (κ1) is 22.3. The zero-order valence-corrected chi connectivity index (χ0v) is 20.4. The number of nitrogens with one attached hydrogen (secondary N) is 1. The van der Waals surface area contributed by atoms with Crippen molar-refractivity contribution in [1.82, 2.24) is 19.1 Å². The first-order chi connectivity index (χ1) is 16.1. The topological polar surface area (TPSA) is 64.7 Å². The molecule has 0 amide bonds. The fraction of sp³-hybridized carbons (Fsp3) is 0.500. The molecule has 1 aliphatic heterocycles. The van der Waals surface area contributed by atoms with Crippen molar-refractivity contribution in [3.05, 3.63) is 58.8 Å². The maximum absolute atomic E-state index is 13.7. The number of rotatable bonds is 5. The Balaban J connectivity index is 1.53. The minimum atomic E-state index is 0.0156. The molecule has 2 aromatic heterocycles. The normalized spacial score (nSPS) is 21.8. The van der Waals surface area contributed by atoms with Crippen molar-refractivity contribution < 1.29 is 0 Å². The zero-order chi connectivity index (χ0) is 22.8. The minimum Gasteiger partial charge on any atom is -0.351 e. The number of benzene rings is 1. The second-order valence-electron chi connectivity index (χ2n) is 9.59. The second-order valence-corrected chi connectivity index (χ2v) is 10.8. The molecule has 0 radical (unpaired) electrons. The summed E-state index contributed by atoms with van der Waals surface area (Å²) in [6, 6.07) is 10.7. The van der Waals surface area contributed by atoms with Crippen LogP contribution in [0.4, 0.5) is 5.95 Å². The molecule has 174 valence electrons. The van der Waals surface area contributed by atoms with Crippen LogP contribution < -0.4 is 11.0 Å². The van der Waals surface area contributed by atoms with Gasteiger partial charge in [-0.05, 0) is 86.6 Å². The number of hydrogen-bond acceptors (Lipinski definition) is 5. The predicted octanol–water partition coefficient (Wildman–Crippen LogP) is 5.46. The van der Waals surface area contributed by atoms with Gasteiger partial charge in [0.1, 0.15) is 0 Å². The molecule has 1 N–H and O–H groups in total. The summed E-state index contributed by atoms with van der Waals surface area (Å²) in [6.45, 7) is 4.38. The van der Waals surface area contributed by atoms with E-state index >= 15 is 0 Å². The number of aryl methyl sites for hydroxylation is 1. The van der Waals surface area contributed by atoms with Gasteiger partial charge in [0.2, 0.25) is 5.95 Å². The Morgan fingerprint density at radius 1 is 1.06 bits per heavy atom. The molecule has 0 bridgehead atoms. The molecule has 0 atom stereocenters. The third-order valence-corrected chi connectivity index (χ3v) is 8.07. The van der Waals surface area contributed by atoms with E-state index < -0.39 is 0 Å². The van der Waals surface area contributed by atoms with Crippen molar-refractivity contribution in [3.63, 3.8) is 0 Å². The summed E-state index contributed by atoms with van der Waals surface area (Å²) in [5.74, 6) is 3.65. The zero-order valence-electron chi connectivity index (χ0n) is 19.5. The smallest absolute Gasteiger partial charge is 0.333 e. The van der Waals surface area contributed by atoms with Gasteiger partial charge >= 0.3 is 5.69 Å². The van der Waals surface area contributed by atoms with E-state index in [1.807, 2.05) is 45.3 Å². The van der Waals surface area contributed by atoms with E-state index in [2.05, 4.69) is 36.3 Å². The molecule has 33 heavy (non-hydrogen) atoms. The lowest BCUT2D eigenvalue weighted by molar-refractivity contribution is 0.360. The first-order valence-corrected chi connectivity index (χ1v) is 13.3. The van der Waals surface area contributed by atoms with E-state index in [1.165, 1.54) is 12.8 Å². The predicted molar refractivity (Wildman–Crippen MR) is 136 cm³/mol. The van der Waals surface area contributed by atoms with E-state index in [-0.39, 0.29) is 11.7 Å². The number of hydrogen-bond donors (Lipinski definition) is 1. The fourth-order valence-electron chi connectivity index (χ4n) is 5.04. The van der Waals surface area contributed by atoms with Crippen molar-refractivity contribution in [1.29, 1.82) is 0 Å². The van der Waals surface area contributed by atoms with E-state index in [4.69, 9.17) is 4.98 Å². The van der Waals surface area contributed by atoms with Crippen LogP contribution in [0.15, 0.2) is 47.5 Å². The summed E-state index contributed by atoms with van der Waals surface area (Å²) in [5.41, 5.74) is 3.63. The number of anilines is 1. The SMILES string of the molecule is Cc1cccc(-n2c(-c3ccnc(N[C@H]4CC[C@H](C)CC4)n3)cn(C3CCSCC3)c2=O)c1. The van der Waals surface area contributed by atoms with E-state index in [0.717, 1.165) is 65.7 Å². The second kappa shape index (κ2) is 9.75. The summed E-state index contributed by atoms with van der Waals surface area (Å²) in [7, 11) is 0. The molecular weight excluding hydrogens is 430 g/mol. The van der Waals surface area contributed by atoms with Gasteiger partial charge < -0.3 is 5.32 Å². The molecule has 6 nitrogen and oxygen atoms in total. The highest BCUT2D eigenvalue weighted by atomic mass is 32.2. The van der Waals surface area contributed by atoms with Crippen molar-refractivity contribution in [2.75, 3.05) is 16.8 Å². The maximum atomic E-state index is 13.7. The van der Waals surface area contributed by atoms with Crippen LogP contribution in [0.25, 0.3) is 17.1 Å². The van der Waals surface area contributed by atoms with Crippen molar-refractivity contribution in [3.8, 4) is 17.1 Å². The Labute approximate surface area is 199 Å². The summed E-state index contributed by atoms with van der Waals surface area (Å²) >= 11 is 1.97. The van der Waals surface area contributed by atoms with Crippen LogP contribution >= 0.6 is 11.8 Å². The van der Waals surface area contributed by atoms with Crippen molar-refractivity contribution >= 4 is 17.7 Å². The Morgan fingerprint density at radius 3 is 2.61 bits per heavy atom. The Hall–Kier alpha value is -2.54. The van der Waals surface area contributed by atoms with Crippen molar-refractivity contribution in [2.24, 2.45) is 5.92 Å². The van der Waals surface area contributed by atoms with Gasteiger partial charge in [-0.1, -0.05) is 19.1 Å². The van der Waals surface area contributed by atoms with Gasteiger partial charge in [-0.2, -0.15) is 11.8 Å². The molecule has 7 heteroatoms. The fourth-order valence-corrected chi connectivity index (χ4v) is 6.12. The molecule has 0 unspecified atom stereocenters. The molecule has 3 aromatic rings. The molecule has 2 aliphatic rings. The van der Waals surface area contributed by atoms with Gasteiger partial charge in [0.25, 0.3) is 0 Å². The largest absolute Gasteiger partial charge is 0.351 e. The monoisotopic (exact) mass is 463 g/mol. The van der Waals surface area contributed by atoms with Gasteiger partial charge in [0.05, 0.1) is 17.1 Å². The molecule has 0 spiro atoms. The van der Waals surface area contributed by atoms with E-state index in [1.54, 1.807) is 6.20 Å². The van der Waals surface area contributed by atoms with Gasteiger partial charge in [0.15, 0.2) is 0 Å². The average Bonchev–Trinajstić information content (AvgIpc) is 3.18. The van der Waals surface area contributed by atoms with E-state index in [9.17, 15) is 4.79 Å². The van der Waals surface area contributed by atoms with Gasteiger partial charge in [-0.15, -0.1) is 0 Å². The number of thioether (sulfide) groups is 1. The molecule has 5 rings (SSSR count). The van der Waals surface area contributed by atoms with Gasteiger partial charge in [-0.3, -0.25) is 9.13 Å². The van der Waals surface area contributed by atoms with Crippen LogP contribution in [0, 0.1) is 12.8 Å². The van der Waals surface area contributed by atoms with Crippen LogP contribution in [0.3, 0.4) is 0 Å². The highest BCUT2D eigenvalue weighted by Crippen LogP contribution is 2.30. The van der Waals surface area contributed by atoms with Crippen molar-refractivity contribution in [2.45, 2.75) is 64.5 Å². The average molecular weight is 464 g/mol. The molecule has 3 heterocycles. The van der Waals surface area contributed by atoms with E-state index in [0.29, 0.717) is 12.0 Å². The molecule has 2 fully saturated rings. The number of imidazole rings is 1. The third-order valence-electron chi connectivity index (χ3n) is 7.03. The summed E-state index contributed by atoms with van der Waals surface area (Å²) in [4.78, 5) is 23.0. The lowest BCUT2D eigenvalue weighted by atomic mass is 9.87. The summed E-state index contributed by atoms with van der Waals surface area (Å²) in [6.07, 6.45) is 10.7. The molecule has 1 aliphatic carbocycles. The van der Waals surface area contributed by atoms with Crippen LogP contribution in [0.1, 0.15) is 57.1 Å². The Bertz CT molecular complexity index is 1160. The van der Waals surface area contributed by atoms with Crippen LogP contribution in [-0.4, -0.2) is 36.6 Å². The molecule has 1 saturated carbocycles. The third kappa shape index (κ3) is 4.88. The molecular formula is C26H33N5OS. The molecule has 1 saturated heterocycles. The highest BCUT2D eigenvalue weighted by Gasteiger charge is 2.24. The summed E-state index contributed by atoms with van der Waals surface area (Å²) < 4.78 is 3.76. The van der Waals surface area contributed by atoms with Gasteiger partial charge in [-0.25, -0.2) is 14.8 Å². The Kier molecular flexibility index (Phi) is 6.58. The summed E-state index contributed by atoms with van der Waals surface area (Å²) in [5, 5.41) is 3.55. The molecule has 1 aromatic carbocycles. The Morgan fingerprint density at radius 2 is 1.85 bits per heavy atom. The quantitative estimate of drug-likeness (QED) is 0.544. The van der Waals surface area contributed by atoms with Crippen LogP contribution in [-0.2, 0) is 0 Å². The lowest BCUT2D eigenvalue weighted by Gasteiger charge is -2.26. The number of nitrogens with zero attached hydrogens (tertiary/aromatic N) is 4. The number of aromatic nitrogens is 4. The lowest BCUT2D eigenvalue weighted by Crippen LogP contribution is -2.28. The van der Waals surface area contributed by atoms with Crippen LogP contribution in [0.2, 0.25) is 0 Å².